The van der Waals surface area contributed by atoms with Crippen molar-refractivity contribution in [1.29, 1.82) is 0 Å². The van der Waals surface area contributed by atoms with E-state index in [-0.39, 0.29) is 27.1 Å². The van der Waals surface area contributed by atoms with Crippen LogP contribution >= 0.6 is 0 Å². The first-order chi connectivity index (χ1) is 15.9. The molecule has 1 aliphatic carbocycles. The van der Waals surface area contributed by atoms with E-state index in [2.05, 4.69) is 9.71 Å². The van der Waals surface area contributed by atoms with E-state index in [1.54, 1.807) is 36.5 Å². The van der Waals surface area contributed by atoms with Crippen LogP contribution in [0.2, 0.25) is 0 Å². The zero-order chi connectivity index (χ0) is 23.3. The summed E-state index contributed by atoms with van der Waals surface area (Å²) in [7, 11) is -7.75. The van der Waals surface area contributed by atoms with Crippen LogP contribution in [0, 0.1) is 0 Å². The van der Waals surface area contributed by atoms with Gasteiger partial charge in [0.25, 0.3) is 0 Å². The van der Waals surface area contributed by atoms with Gasteiger partial charge in [0.1, 0.15) is 0 Å². The molecule has 0 radical (unpaired) electrons. The van der Waals surface area contributed by atoms with Gasteiger partial charge in [-0.1, -0.05) is 49.6 Å². The first-order valence-corrected chi connectivity index (χ1v) is 14.2. The number of rotatable bonds is 8. The van der Waals surface area contributed by atoms with Crippen LogP contribution in [0.3, 0.4) is 0 Å². The zero-order valence-electron chi connectivity index (χ0n) is 18.4. The van der Waals surface area contributed by atoms with Crippen LogP contribution in [0.4, 0.5) is 0 Å². The Bertz CT molecular complexity index is 1290. The molecule has 0 bridgehead atoms. The molecule has 6 nitrogen and oxygen atoms in total. The average molecular weight is 485 g/mol. The number of hydrogen-bond donors (Lipinski definition) is 1. The van der Waals surface area contributed by atoms with Crippen LogP contribution in [-0.4, -0.2) is 28.4 Å². The fourth-order valence-corrected chi connectivity index (χ4v) is 7.07. The quantitative estimate of drug-likeness (QED) is 0.509. The number of sulfone groups is 1. The third kappa shape index (κ3) is 5.51. The van der Waals surface area contributed by atoms with Gasteiger partial charge >= 0.3 is 0 Å². The van der Waals surface area contributed by atoms with Crippen LogP contribution in [0.1, 0.15) is 49.3 Å². The summed E-state index contributed by atoms with van der Waals surface area (Å²) in [6.07, 6.45) is 7.15. The van der Waals surface area contributed by atoms with Crippen molar-refractivity contribution in [1.82, 2.24) is 9.71 Å². The van der Waals surface area contributed by atoms with Gasteiger partial charge in [-0.2, -0.15) is 0 Å². The lowest BCUT2D eigenvalue weighted by molar-refractivity contribution is 0.438. The van der Waals surface area contributed by atoms with Crippen molar-refractivity contribution in [3.05, 3.63) is 84.2 Å². The SMILES string of the molecule is O=S(=O)(NCCc1ccccn1)c1cc(S(=O)(=O)c2ccccc2)ccc1C1CCCCC1. The van der Waals surface area contributed by atoms with E-state index in [1.165, 1.54) is 18.2 Å². The largest absolute Gasteiger partial charge is 0.261 e. The molecular weight excluding hydrogens is 456 g/mol. The molecule has 1 aromatic heterocycles. The summed E-state index contributed by atoms with van der Waals surface area (Å²) < 4.78 is 55.8. The van der Waals surface area contributed by atoms with Crippen molar-refractivity contribution in [3.63, 3.8) is 0 Å². The maximum absolute atomic E-state index is 13.4. The molecule has 1 heterocycles. The molecule has 1 N–H and O–H groups in total. The van der Waals surface area contributed by atoms with E-state index in [0.29, 0.717) is 12.0 Å². The summed E-state index contributed by atoms with van der Waals surface area (Å²) in [5.74, 6) is 0.106. The molecule has 1 saturated carbocycles. The molecule has 0 aliphatic heterocycles. The predicted octanol–water partition coefficient (Wildman–Crippen LogP) is 4.48. The number of nitrogens with zero attached hydrogens (tertiary/aromatic N) is 1. The Kier molecular flexibility index (Phi) is 7.26. The summed E-state index contributed by atoms with van der Waals surface area (Å²) in [5.41, 5.74) is 1.49. The molecule has 1 aliphatic rings. The zero-order valence-corrected chi connectivity index (χ0v) is 20.0. The van der Waals surface area contributed by atoms with Crippen molar-refractivity contribution in [3.8, 4) is 0 Å². The molecule has 0 atom stereocenters. The maximum atomic E-state index is 13.4. The molecular formula is C25H28N2O4S2. The van der Waals surface area contributed by atoms with Gasteiger partial charge in [-0.05, 0) is 60.7 Å². The maximum Gasteiger partial charge on any atom is 0.240 e. The number of nitrogens with one attached hydrogen (secondary N) is 1. The lowest BCUT2D eigenvalue weighted by Gasteiger charge is -2.25. The summed E-state index contributed by atoms with van der Waals surface area (Å²) in [5, 5.41) is 0. The highest BCUT2D eigenvalue weighted by Crippen LogP contribution is 2.37. The first kappa shape index (κ1) is 23.6. The van der Waals surface area contributed by atoms with Crippen LogP contribution in [0.15, 0.2) is 87.6 Å². The normalized spacial score (nSPS) is 15.4. The van der Waals surface area contributed by atoms with Crippen LogP contribution in [0.25, 0.3) is 0 Å². The first-order valence-electron chi connectivity index (χ1n) is 11.2. The van der Waals surface area contributed by atoms with Crippen LogP contribution < -0.4 is 4.72 Å². The minimum Gasteiger partial charge on any atom is -0.261 e. The Hall–Kier alpha value is -2.55. The van der Waals surface area contributed by atoms with Crippen molar-refractivity contribution < 1.29 is 16.8 Å². The monoisotopic (exact) mass is 484 g/mol. The highest BCUT2D eigenvalue weighted by Gasteiger charge is 2.28. The van der Waals surface area contributed by atoms with Gasteiger partial charge in [-0.3, -0.25) is 4.98 Å². The molecule has 33 heavy (non-hydrogen) atoms. The lowest BCUT2D eigenvalue weighted by Crippen LogP contribution is -2.28. The topological polar surface area (TPSA) is 93.2 Å². The van der Waals surface area contributed by atoms with Gasteiger partial charge < -0.3 is 0 Å². The lowest BCUT2D eigenvalue weighted by atomic mass is 9.84. The highest BCUT2D eigenvalue weighted by atomic mass is 32.2. The van der Waals surface area contributed by atoms with Gasteiger partial charge in [0.2, 0.25) is 19.9 Å². The number of hydrogen-bond acceptors (Lipinski definition) is 5. The van der Waals surface area contributed by atoms with E-state index in [0.717, 1.165) is 37.8 Å². The minimum atomic E-state index is -3.92. The summed E-state index contributed by atoms with van der Waals surface area (Å²) in [6.45, 7) is 0.180. The van der Waals surface area contributed by atoms with E-state index in [1.807, 2.05) is 18.2 Å². The van der Waals surface area contributed by atoms with Gasteiger partial charge in [0, 0.05) is 24.9 Å². The fraction of sp³-hybridized carbons (Fsp3) is 0.320. The van der Waals surface area contributed by atoms with E-state index >= 15 is 0 Å². The Morgan fingerprint density at radius 3 is 2.24 bits per heavy atom. The number of benzene rings is 2. The van der Waals surface area contributed by atoms with Crippen molar-refractivity contribution in [2.24, 2.45) is 0 Å². The molecule has 2 aromatic carbocycles. The standard InChI is InChI=1S/C25H28N2O4S2/c28-32(29,22-12-5-2-6-13-22)23-14-15-24(20-9-3-1-4-10-20)25(19-23)33(30,31)27-18-16-21-11-7-8-17-26-21/h2,5-8,11-15,17,19-20,27H,1,3-4,9-10,16,18H2. The second-order valence-electron chi connectivity index (χ2n) is 8.32. The Balaban J connectivity index is 1.69. The molecule has 0 unspecified atom stereocenters. The van der Waals surface area contributed by atoms with E-state index in [9.17, 15) is 16.8 Å². The second kappa shape index (κ2) is 10.2. The minimum absolute atomic E-state index is 0.0154. The van der Waals surface area contributed by atoms with Crippen molar-refractivity contribution in [2.75, 3.05) is 6.54 Å². The molecule has 0 amide bonds. The number of pyridine rings is 1. The van der Waals surface area contributed by atoms with Gasteiger partial charge in [0.05, 0.1) is 14.7 Å². The van der Waals surface area contributed by atoms with Crippen LogP contribution in [-0.2, 0) is 26.3 Å². The van der Waals surface area contributed by atoms with E-state index < -0.39 is 19.9 Å². The van der Waals surface area contributed by atoms with Gasteiger partial charge in [-0.25, -0.2) is 21.6 Å². The molecule has 4 rings (SSSR count). The summed E-state index contributed by atoms with van der Waals surface area (Å²) in [6, 6.07) is 18.2. The Morgan fingerprint density at radius 2 is 1.55 bits per heavy atom. The van der Waals surface area contributed by atoms with Crippen molar-refractivity contribution in [2.45, 2.75) is 59.1 Å². The third-order valence-electron chi connectivity index (χ3n) is 6.08. The van der Waals surface area contributed by atoms with Crippen LogP contribution in [0.5, 0.6) is 0 Å². The number of aromatic nitrogens is 1. The molecule has 0 spiro atoms. The summed E-state index contributed by atoms with van der Waals surface area (Å²) >= 11 is 0. The molecule has 3 aromatic rings. The average Bonchev–Trinajstić information content (AvgIpc) is 2.85. The second-order valence-corrected chi connectivity index (χ2v) is 12.0. The predicted molar refractivity (Wildman–Crippen MR) is 127 cm³/mol. The molecule has 8 heteroatoms. The number of sulfonamides is 1. The van der Waals surface area contributed by atoms with Crippen molar-refractivity contribution >= 4 is 19.9 Å². The molecule has 0 saturated heterocycles. The van der Waals surface area contributed by atoms with Gasteiger partial charge in [-0.15, -0.1) is 0 Å². The highest BCUT2D eigenvalue weighted by molar-refractivity contribution is 7.91. The molecule has 1 fully saturated rings. The summed E-state index contributed by atoms with van der Waals surface area (Å²) in [4.78, 5) is 4.42. The Labute approximate surface area is 196 Å². The Morgan fingerprint density at radius 1 is 0.818 bits per heavy atom. The smallest absolute Gasteiger partial charge is 0.240 e. The molecule has 174 valence electrons. The van der Waals surface area contributed by atoms with E-state index in [4.69, 9.17) is 0 Å². The third-order valence-corrected chi connectivity index (χ3v) is 9.37. The fourth-order valence-electron chi connectivity index (χ4n) is 4.34. The van der Waals surface area contributed by atoms with Gasteiger partial charge in [0.15, 0.2) is 0 Å².